The van der Waals surface area contributed by atoms with Crippen molar-refractivity contribution in [1.82, 2.24) is 9.78 Å². The molecule has 1 saturated heterocycles. The van der Waals surface area contributed by atoms with Gasteiger partial charge in [0.2, 0.25) is 0 Å². The molecule has 132 valence electrons. The van der Waals surface area contributed by atoms with Crippen molar-refractivity contribution < 1.29 is 28.6 Å². The van der Waals surface area contributed by atoms with Crippen LogP contribution >= 0.6 is 0 Å². The van der Waals surface area contributed by atoms with Gasteiger partial charge in [-0.2, -0.15) is 5.10 Å². The molecule has 0 bridgehead atoms. The Morgan fingerprint density at radius 3 is 2.96 bits per heavy atom. The summed E-state index contributed by atoms with van der Waals surface area (Å²) >= 11 is 0. The zero-order valence-electron chi connectivity index (χ0n) is 13.4. The van der Waals surface area contributed by atoms with E-state index in [1.54, 1.807) is 6.92 Å². The number of anilines is 1. The van der Waals surface area contributed by atoms with Crippen LogP contribution in [0.15, 0.2) is 30.6 Å². The predicted molar refractivity (Wildman–Crippen MR) is 84.2 cm³/mol. The molecule has 0 unspecified atom stereocenters. The summed E-state index contributed by atoms with van der Waals surface area (Å²) in [5.41, 5.74) is 0.629. The highest BCUT2D eigenvalue weighted by Gasteiger charge is 2.32. The number of carbonyl (C=O) groups excluding carboxylic acids is 2. The number of amides is 1. The summed E-state index contributed by atoms with van der Waals surface area (Å²) < 4.78 is 25.5. The number of rotatable bonds is 5. The van der Waals surface area contributed by atoms with E-state index in [0.29, 0.717) is 5.69 Å². The smallest absolute Gasteiger partial charge is 0.414 e. The largest absolute Gasteiger partial charge is 0.462 e. The molecule has 0 aliphatic carbocycles. The molecule has 3 rings (SSSR count). The zero-order chi connectivity index (χ0) is 18.0. The second kappa shape index (κ2) is 6.89. The van der Waals surface area contributed by atoms with Crippen LogP contribution in [-0.2, 0) is 9.47 Å². The number of hydrogen-bond donors (Lipinski definition) is 1. The van der Waals surface area contributed by atoms with Crippen LogP contribution in [0.3, 0.4) is 0 Å². The van der Waals surface area contributed by atoms with Crippen molar-refractivity contribution in [1.29, 1.82) is 0 Å². The normalized spacial score (nSPS) is 16.8. The Bertz CT molecular complexity index is 807. The highest BCUT2D eigenvalue weighted by atomic mass is 19.1. The lowest BCUT2D eigenvalue weighted by atomic mass is 10.2. The fraction of sp³-hybridized carbons (Fsp3) is 0.312. The molecule has 1 fully saturated rings. The van der Waals surface area contributed by atoms with Crippen LogP contribution in [0, 0.1) is 5.82 Å². The van der Waals surface area contributed by atoms with Gasteiger partial charge in [0.15, 0.2) is 5.82 Å². The maximum absolute atomic E-state index is 14.4. The van der Waals surface area contributed by atoms with E-state index in [9.17, 15) is 14.0 Å². The maximum atomic E-state index is 14.4. The SMILES string of the molecule is CCOC(=O)c1cnn(-c2ccc(N3C[C@H](CO)OC3=O)cc2F)c1. The molecule has 1 aliphatic heterocycles. The molecular formula is C16H16FN3O5. The van der Waals surface area contributed by atoms with Crippen molar-refractivity contribution in [3.8, 4) is 5.69 Å². The first kappa shape index (κ1) is 16.9. The van der Waals surface area contributed by atoms with Crippen molar-refractivity contribution in [2.45, 2.75) is 13.0 Å². The van der Waals surface area contributed by atoms with E-state index in [-0.39, 0.29) is 31.0 Å². The number of halogens is 1. The summed E-state index contributed by atoms with van der Waals surface area (Å²) in [6, 6.07) is 4.14. The first-order chi connectivity index (χ1) is 12.0. The summed E-state index contributed by atoms with van der Waals surface area (Å²) in [6.45, 7) is 1.76. The molecule has 25 heavy (non-hydrogen) atoms. The summed E-state index contributed by atoms with van der Waals surface area (Å²) in [5.74, 6) is -1.17. The fourth-order valence-electron chi connectivity index (χ4n) is 2.45. The highest BCUT2D eigenvalue weighted by Crippen LogP contribution is 2.25. The van der Waals surface area contributed by atoms with Crippen LogP contribution in [0.4, 0.5) is 14.9 Å². The molecule has 1 amide bonds. The number of cyclic esters (lactones) is 1. The van der Waals surface area contributed by atoms with Gasteiger partial charge in [0.05, 0.1) is 37.2 Å². The number of aliphatic hydroxyl groups excluding tert-OH is 1. The van der Waals surface area contributed by atoms with Crippen molar-refractivity contribution in [3.05, 3.63) is 42.0 Å². The lowest BCUT2D eigenvalue weighted by Gasteiger charge is -2.14. The van der Waals surface area contributed by atoms with Gasteiger partial charge < -0.3 is 14.6 Å². The summed E-state index contributed by atoms with van der Waals surface area (Å²) in [5, 5.41) is 13.0. The number of esters is 1. The second-order valence-corrected chi connectivity index (χ2v) is 5.33. The number of nitrogens with zero attached hydrogens (tertiary/aromatic N) is 3. The first-order valence-electron chi connectivity index (χ1n) is 7.64. The molecule has 1 aliphatic rings. The van der Waals surface area contributed by atoms with Gasteiger partial charge in [0.1, 0.15) is 11.8 Å². The van der Waals surface area contributed by atoms with Crippen LogP contribution in [-0.4, -0.2) is 52.8 Å². The minimum absolute atomic E-state index is 0.116. The molecule has 0 radical (unpaired) electrons. The topological polar surface area (TPSA) is 93.9 Å². The third-order valence-electron chi connectivity index (χ3n) is 3.66. The first-order valence-corrected chi connectivity index (χ1v) is 7.64. The van der Waals surface area contributed by atoms with Gasteiger partial charge in [-0.15, -0.1) is 0 Å². The standard InChI is InChI=1S/C16H16FN3O5/c1-2-24-15(22)10-6-18-20(7-10)14-4-3-11(5-13(14)17)19-8-12(9-21)25-16(19)23/h3-7,12,21H,2,8-9H2,1H3/t12-/m1/s1. The van der Waals surface area contributed by atoms with Crippen molar-refractivity contribution >= 4 is 17.7 Å². The Kier molecular flexibility index (Phi) is 4.66. The van der Waals surface area contributed by atoms with Crippen molar-refractivity contribution in [3.63, 3.8) is 0 Å². The van der Waals surface area contributed by atoms with Crippen molar-refractivity contribution in [2.24, 2.45) is 0 Å². The van der Waals surface area contributed by atoms with Gasteiger partial charge in [0.25, 0.3) is 0 Å². The minimum atomic E-state index is -0.644. The van der Waals surface area contributed by atoms with E-state index in [1.165, 1.54) is 40.2 Å². The lowest BCUT2D eigenvalue weighted by molar-refractivity contribution is 0.0526. The summed E-state index contributed by atoms with van der Waals surface area (Å²) in [6.07, 6.45) is 1.38. The van der Waals surface area contributed by atoms with E-state index in [1.807, 2.05) is 0 Å². The van der Waals surface area contributed by atoms with Gasteiger partial charge >= 0.3 is 12.1 Å². The molecule has 1 aromatic heterocycles. The lowest BCUT2D eigenvalue weighted by Crippen LogP contribution is -2.25. The number of aromatic nitrogens is 2. The van der Waals surface area contributed by atoms with Crippen LogP contribution in [0.2, 0.25) is 0 Å². The Hall–Kier alpha value is -2.94. The van der Waals surface area contributed by atoms with Gasteiger partial charge in [-0.25, -0.2) is 18.7 Å². The van der Waals surface area contributed by atoms with Gasteiger partial charge in [0, 0.05) is 6.20 Å². The number of ether oxygens (including phenoxy) is 2. The van der Waals surface area contributed by atoms with E-state index >= 15 is 0 Å². The average molecular weight is 349 g/mol. The predicted octanol–water partition coefficient (Wildman–Crippen LogP) is 1.51. The zero-order valence-corrected chi connectivity index (χ0v) is 13.4. The van der Waals surface area contributed by atoms with Gasteiger partial charge in [-0.05, 0) is 25.1 Å². The van der Waals surface area contributed by atoms with E-state index in [4.69, 9.17) is 14.6 Å². The number of carbonyl (C=O) groups is 2. The molecule has 1 aromatic carbocycles. The summed E-state index contributed by atoms with van der Waals surface area (Å²) in [7, 11) is 0. The van der Waals surface area contributed by atoms with Gasteiger partial charge in [-0.3, -0.25) is 4.90 Å². The Balaban J connectivity index is 1.83. The fourth-order valence-corrected chi connectivity index (χ4v) is 2.45. The monoisotopic (exact) mass is 349 g/mol. The van der Waals surface area contributed by atoms with Crippen molar-refractivity contribution in [2.75, 3.05) is 24.7 Å². The van der Waals surface area contributed by atoms with Gasteiger partial charge in [-0.1, -0.05) is 0 Å². The van der Waals surface area contributed by atoms with Crippen LogP contribution in [0.5, 0.6) is 0 Å². The average Bonchev–Trinajstić information content (AvgIpc) is 3.21. The second-order valence-electron chi connectivity index (χ2n) is 5.33. The molecule has 8 nitrogen and oxygen atoms in total. The number of aliphatic hydroxyl groups is 1. The Labute approximate surface area is 142 Å². The maximum Gasteiger partial charge on any atom is 0.414 e. The third-order valence-corrected chi connectivity index (χ3v) is 3.66. The molecule has 2 heterocycles. The Morgan fingerprint density at radius 2 is 2.32 bits per heavy atom. The van der Waals surface area contributed by atoms with E-state index in [0.717, 1.165) is 0 Å². The van der Waals surface area contributed by atoms with E-state index in [2.05, 4.69) is 5.10 Å². The summed E-state index contributed by atoms with van der Waals surface area (Å²) in [4.78, 5) is 24.6. The number of hydrogen-bond acceptors (Lipinski definition) is 6. The molecule has 1 N–H and O–H groups in total. The Morgan fingerprint density at radius 1 is 1.52 bits per heavy atom. The molecule has 9 heteroatoms. The highest BCUT2D eigenvalue weighted by molar-refractivity contribution is 5.90. The van der Waals surface area contributed by atoms with Crippen LogP contribution in [0.1, 0.15) is 17.3 Å². The molecule has 0 spiro atoms. The molecular weight excluding hydrogens is 333 g/mol. The quantitative estimate of drug-likeness (QED) is 0.823. The van der Waals surface area contributed by atoms with E-state index < -0.39 is 24.0 Å². The minimum Gasteiger partial charge on any atom is -0.462 e. The molecule has 0 saturated carbocycles. The molecule has 1 atom stereocenters. The van der Waals surface area contributed by atoms with Crippen LogP contribution < -0.4 is 4.90 Å². The third kappa shape index (κ3) is 3.31. The number of benzene rings is 1. The molecule has 2 aromatic rings. The van der Waals surface area contributed by atoms with Crippen LogP contribution in [0.25, 0.3) is 5.69 Å².